The lowest BCUT2D eigenvalue weighted by Gasteiger charge is -2.04. The molecule has 0 aromatic heterocycles. The van der Waals surface area contributed by atoms with E-state index in [4.69, 9.17) is 16.3 Å². The molecule has 0 aliphatic rings. The molecule has 0 spiro atoms. The van der Waals surface area contributed by atoms with Crippen LogP contribution in [0.5, 0.6) is 5.75 Å². The molecule has 0 unspecified atom stereocenters. The summed E-state index contributed by atoms with van der Waals surface area (Å²) in [6.45, 7) is 6.66. The molecule has 16 heavy (non-hydrogen) atoms. The maximum Gasteiger partial charge on any atom is 0.119 e. The normalized spacial score (nSPS) is 9.50. The molecule has 2 aromatic carbocycles. The summed E-state index contributed by atoms with van der Waals surface area (Å²) in [7, 11) is 0. The van der Waals surface area contributed by atoms with Crippen LogP contribution in [0.15, 0.2) is 36.4 Å². The number of fused-ring (bicyclic) bond motifs is 1. The monoisotopic (exact) mass is 236 g/mol. The number of hydrogen-bond acceptors (Lipinski definition) is 1. The zero-order chi connectivity index (χ0) is 12.0. The molecule has 2 heteroatoms. The zero-order valence-corrected chi connectivity index (χ0v) is 10.7. The Hall–Kier alpha value is -1.21. The first-order valence-corrected chi connectivity index (χ1v) is 5.99. The van der Waals surface area contributed by atoms with E-state index in [1.54, 1.807) is 0 Å². The molecule has 0 heterocycles. The van der Waals surface area contributed by atoms with Gasteiger partial charge < -0.3 is 4.74 Å². The Morgan fingerprint density at radius 3 is 2.38 bits per heavy atom. The fourth-order valence-electron chi connectivity index (χ4n) is 1.45. The van der Waals surface area contributed by atoms with Gasteiger partial charge in [0.15, 0.2) is 0 Å². The van der Waals surface area contributed by atoms with Gasteiger partial charge in [0.2, 0.25) is 0 Å². The molecule has 86 valence electrons. The number of ether oxygens (including phenoxy) is 1. The third kappa shape index (κ3) is 3.14. The van der Waals surface area contributed by atoms with Crippen molar-refractivity contribution in [1.82, 2.24) is 0 Å². The Morgan fingerprint density at radius 1 is 1.00 bits per heavy atom. The molecule has 0 saturated carbocycles. The summed E-state index contributed by atoms with van der Waals surface area (Å²) in [5.41, 5.74) is 0. The van der Waals surface area contributed by atoms with E-state index in [9.17, 15) is 0 Å². The summed E-state index contributed by atoms with van der Waals surface area (Å²) in [5.74, 6) is 0.891. The highest BCUT2D eigenvalue weighted by molar-refractivity contribution is 6.31. The second-order valence-corrected chi connectivity index (χ2v) is 3.52. The molecule has 0 bridgehead atoms. The van der Waals surface area contributed by atoms with Crippen LogP contribution in [0, 0.1) is 0 Å². The molecule has 1 nitrogen and oxygen atoms in total. The number of halogens is 1. The smallest absolute Gasteiger partial charge is 0.119 e. The lowest BCUT2D eigenvalue weighted by Crippen LogP contribution is -1.90. The lowest BCUT2D eigenvalue weighted by molar-refractivity contribution is 0.341. The summed E-state index contributed by atoms with van der Waals surface area (Å²) in [5, 5.41) is 3.05. The van der Waals surface area contributed by atoms with E-state index in [1.165, 1.54) is 5.39 Å². The largest absolute Gasteiger partial charge is 0.494 e. The van der Waals surface area contributed by atoms with Crippen molar-refractivity contribution in [3.63, 3.8) is 0 Å². The average Bonchev–Trinajstić information content (AvgIpc) is 2.31. The molecule has 0 N–H and O–H groups in total. The molecular formula is C14H17ClO. The Kier molecular flexibility index (Phi) is 5.13. The highest BCUT2D eigenvalue weighted by Gasteiger charge is 1.97. The van der Waals surface area contributed by atoms with Crippen LogP contribution in [-0.2, 0) is 0 Å². The average molecular weight is 237 g/mol. The Bertz CT molecular complexity index is 451. The predicted molar refractivity (Wildman–Crippen MR) is 71.5 cm³/mol. The summed E-state index contributed by atoms with van der Waals surface area (Å²) in [4.78, 5) is 0. The molecule has 0 fully saturated rings. The van der Waals surface area contributed by atoms with Gasteiger partial charge in [0.25, 0.3) is 0 Å². The first kappa shape index (κ1) is 12.9. The van der Waals surface area contributed by atoms with Gasteiger partial charge in [-0.1, -0.05) is 37.6 Å². The molecule has 0 amide bonds. The first-order chi connectivity index (χ1) is 7.79. The summed E-state index contributed by atoms with van der Waals surface area (Å²) in [6.07, 6.45) is 0. The van der Waals surface area contributed by atoms with Crippen molar-refractivity contribution < 1.29 is 4.74 Å². The minimum absolute atomic E-state index is 0.687. The molecule has 0 aliphatic heterocycles. The molecule has 0 atom stereocenters. The van der Waals surface area contributed by atoms with Crippen LogP contribution in [0.25, 0.3) is 10.8 Å². The maximum atomic E-state index is 5.91. The second-order valence-electron chi connectivity index (χ2n) is 3.09. The van der Waals surface area contributed by atoms with Crippen molar-refractivity contribution in [3.8, 4) is 5.75 Å². The number of rotatable bonds is 2. The number of hydrogen-bond donors (Lipinski definition) is 0. The van der Waals surface area contributed by atoms with Crippen molar-refractivity contribution in [1.29, 1.82) is 0 Å². The molecule has 2 rings (SSSR count). The van der Waals surface area contributed by atoms with Gasteiger partial charge in [0.1, 0.15) is 5.75 Å². The molecular weight excluding hydrogens is 220 g/mol. The molecule has 2 aromatic rings. The Morgan fingerprint density at radius 2 is 1.69 bits per heavy atom. The van der Waals surface area contributed by atoms with E-state index in [2.05, 4.69) is 0 Å². The third-order valence-electron chi connectivity index (χ3n) is 2.08. The highest BCUT2D eigenvalue weighted by Crippen LogP contribution is 2.23. The van der Waals surface area contributed by atoms with Crippen molar-refractivity contribution in [2.45, 2.75) is 20.8 Å². The quantitative estimate of drug-likeness (QED) is 0.719. The van der Waals surface area contributed by atoms with Gasteiger partial charge in [-0.3, -0.25) is 0 Å². The molecule has 0 radical (unpaired) electrons. The van der Waals surface area contributed by atoms with Crippen molar-refractivity contribution in [2.75, 3.05) is 6.61 Å². The number of benzene rings is 2. The van der Waals surface area contributed by atoms with Gasteiger partial charge in [-0.05, 0) is 42.0 Å². The van der Waals surface area contributed by atoms with Gasteiger partial charge >= 0.3 is 0 Å². The zero-order valence-electron chi connectivity index (χ0n) is 9.96. The lowest BCUT2D eigenvalue weighted by atomic mass is 10.1. The van der Waals surface area contributed by atoms with Crippen LogP contribution in [-0.4, -0.2) is 6.61 Å². The SMILES string of the molecule is CC.CCOc1ccc2ccc(Cl)cc2c1. The van der Waals surface area contributed by atoms with Crippen LogP contribution >= 0.6 is 11.6 Å². The van der Waals surface area contributed by atoms with Crippen LogP contribution < -0.4 is 4.74 Å². The molecule has 0 saturated heterocycles. The molecule has 0 aliphatic carbocycles. The minimum atomic E-state index is 0.687. The van der Waals surface area contributed by atoms with E-state index >= 15 is 0 Å². The van der Waals surface area contributed by atoms with E-state index < -0.39 is 0 Å². The Labute approximate surface area is 102 Å². The predicted octanol–water partition coefficient (Wildman–Crippen LogP) is 4.92. The fraction of sp³-hybridized carbons (Fsp3) is 0.286. The first-order valence-electron chi connectivity index (χ1n) is 5.61. The van der Waals surface area contributed by atoms with Gasteiger partial charge in [-0.15, -0.1) is 0 Å². The summed E-state index contributed by atoms with van der Waals surface area (Å²) >= 11 is 5.91. The standard InChI is InChI=1S/C12H11ClO.C2H6/c1-2-14-12-6-4-9-3-5-11(13)7-10(9)8-12;1-2/h3-8H,2H2,1H3;1-2H3. The van der Waals surface area contributed by atoms with E-state index in [0.717, 1.165) is 16.2 Å². The van der Waals surface area contributed by atoms with Gasteiger partial charge in [-0.25, -0.2) is 0 Å². The van der Waals surface area contributed by atoms with Crippen molar-refractivity contribution in [3.05, 3.63) is 41.4 Å². The maximum absolute atomic E-state index is 5.91. The van der Waals surface area contributed by atoms with Gasteiger partial charge in [0.05, 0.1) is 6.61 Å². The van der Waals surface area contributed by atoms with Crippen LogP contribution in [0.4, 0.5) is 0 Å². The summed E-state index contributed by atoms with van der Waals surface area (Å²) < 4.78 is 5.41. The fourth-order valence-corrected chi connectivity index (χ4v) is 1.63. The van der Waals surface area contributed by atoms with E-state index in [1.807, 2.05) is 57.2 Å². The van der Waals surface area contributed by atoms with Gasteiger partial charge in [0, 0.05) is 5.02 Å². The van der Waals surface area contributed by atoms with Gasteiger partial charge in [-0.2, -0.15) is 0 Å². The topological polar surface area (TPSA) is 9.23 Å². The van der Waals surface area contributed by atoms with E-state index in [0.29, 0.717) is 6.61 Å². The van der Waals surface area contributed by atoms with Crippen LogP contribution in [0.2, 0.25) is 5.02 Å². The second kappa shape index (κ2) is 6.39. The van der Waals surface area contributed by atoms with Crippen molar-refractivity contribution >= 4 is 22.4 Å². The highest BCUT2D eigenvalue weighted by atomic mass is 35.5. The Balaban J connectivity index is 0.000000606. The third-order valence-corrected chi connectivity index (χ3v) is 2.32. The van der Waals surface area contributed by atoms with E-state index in [-0.39, 0.29) is 0 Å². The summed E-state index contributed by atoms with van der Waals surface area (Å²) in [6, 6.07) is 11.9. The minimum Gasteiger partial charge on any atom is -0.494 e. The van der Waals surface area contributed by atoms with Crippen LogP contribution in [0.3, 0.4) is 0 Å². The van der Waals surface area contributed by atoms with Crippen LogP contribution in [0.1, 0.15) is 20.8 Å². The van der Waals surface area contributed by atoms with Crippen molar-refractivity contribution in [2.24, 2.45) is 0 Å².